The highest BCUT2D eigenvalue weighted by molar-refractivity contribution is 7.86. The summed E-state index contributed by atoms with van der Waals surface area (Å²) in [5, 5.41) is 35.3. The Balaban J connectivity index is 0.000000198. The van der Waals surface area contributed by atoms with Crippen LogP contribution in [-0.4, -0.2) is 113 Å². The number of carbonyl (C=O) groups is 9. The van der Waals surface area contributed by atoms with Crippen LogP contribution in [-0.2, 0) is 66.8 Å². The fourth-order valence-electron chi connectivity index (χ4n) is 10.8. The van der Waals surface area contributed by atoms with Crippen LogP contribution in [0.2, 0.25) is 0 Å². The highest BCUT2D eigenvalue weighted by Crippen LogP contribution is 2.39. The van der Waals surface area contributed by atoms with E-state index in [1.807, 2.05) is 123 Å². The summed E-state index contributed by atoms with van der Waals surface area (Å²) in [7, 11) is -4.26. The van der Waals surface area contributed by atoms with Gasteiger partial charge in [0.2, 0.25) is 11.5 Å². The van der Waals surface area contributed by atoms with Gasteiger partial charge in [-0.1, -0.05) is 263 Å². The molecule has 0 saturated carbocycles. The fraction of sp³-hybridized carbons (Fsp3) is 0.0816. The van der Waals surface area contributed by atoms with Crippen molar-refractivity contribution >= 4 is 110 Å². The molecule has 13 aromatic rings. The Morgan fingerprint density at radius 2 is 0.963 bits per heavy atom. The summed E-state index contributed by atoms with van der Waals surface area (Å²) in [6, 6.07) is 89.0. The average molecular weight is 1850 g/mol. The number of Topliss-reactive ketones (excluding diaryl/α,β-unsaturated/α-hetero) is 1. The molecule has 680 valence electrons. The van der Waals surface area contributed by atoms with Crippen molar-refractivity contribution in [1.29, 1.82) is 5.26 Å². The standard InChI is InChI=1S/C22H15F3N2O3.C22H12N2O3.C19H15NO2.C14H10FNO2.C10H11N2O3.C10H12N2O2.CHF3O3S/c23-22(24,25)18-13-7-12-17(14-18)19(26-20(28)15-8-3-1-4-9-15)27-30-21(29)16-10-5-2-6-11-16;23-13-19(14-7-2-1-3-8-14)24-27-22(26)18-12-6-11-17-20(18)15-9-4-5-10-16(15)21(17)25;1-14(15-8-3-2-4-9-15)20-22-19(21)18-13-7-11-16-10-5-6-12-17(16)18;15-13-8-6-11(7-9-13)10-16-18-14(17)12-4-2-1-3-5-12;1-8(13)10(14)15-11-7-9-5-3-4-6-12(9)2;1-8(2)10(13)14-12-7-9-4-3-5-11-6-9;2-1(3,4)8(5,6)7/h1-14H,(H,26,27,28);1-12H;2-13H,1H3;1-10H;3-7H,1-2H3;3-8H,1-2H3;(H,5,6,7)/q;;;;+1;;/p-1/b;24-19+;20-14+;16-10+;11-7+;12-7+;. The summed E-state index contributed by atoms with van der Waals surface area (Å²) in [5.41, 5.74) is 1.54. The van der Waals surface area contributed by atoms with E-state index in [1.165, 1.54) is 79.3 Å². The lowest BCUT2D eigenvalue weighted by atomic mass is 10.00. The zero-order valence-corrected chi connectivity index (χ0v) is 71.8. The highest BCUT2D eigenvalue weighted by Gasteiger charge is 2.37. The van der Waals surface area contributed by atoms with Crippen LogP contribution in [0, 0.1) is 23.1 Å². The molecule has 1 aliphatic rings. The number of benzene rings is 11. The molecule has 0 fully saturated rings. The summed E-state index contributed by atoms with van der Waals surface area (Å²) in [6.45, 7) is 6.44. The Hall–Kier alpha value is -17.5. The molecule has 28 nitrogen and oxygen atoms in total. The van der Waals surface area contributed by atoms with Crippen molar-refractivity contribution in [2.75, 3.05) is 0 Å². The lowest BCUT2D eigenvalue weighted by Crippen LogP contribution is -2.32. The number of halogens is 7. The van der Waals surface area contributed by atoms with Gasteiger partial charge in [0.1, 0.15) is 25.1 Å². The second kappa shape index (κ2) is 50.9. The maximum atomic E-state index is 13.1. The molecule has 1 aliphatic carbocycles. The predicted octanol–water partition coefficient (Wildman–Crippen LogP) is 17.7. The van der Waals surface area contributed by atoms with Gasteiger partial charge < -0.3 is 38.9 Å². The lowest BCUT2D eigenvalue weighted by Gasteiger charge is -2.11. The molecule has 0 unspecified atom stereocenters. The first-order valence-corrected chi connectivity index (χ1v) is 40.6. The van der Waals surface area contributed by atoms with Crippen molar-refractivity contribution in [3.63, 3.8) is 0 Å². The highest BCUT2D eigenvalue weighted by atomic mass is 32.2. The van der Waals surface area contributed by atoms with Gasteiger partial charge in [-0.2, -0.15) is 31.6 Å². The van der Waals surface area contributed by atoms with Gasteiger partial charge in [0.15, 0.2) is 33.6 Å². The molecular weight excluding hydrogens is 1770 g/mol. The monoisotopic (exact) mass is 1840 g/mol. The number of nitrogens with one attached hydrogen (secondary N) is 1. The van der Waals surface area contributed by atoms with Crippen molar-refractivity contribution in [2.24, 2.45) is 43.9 Å². The zero-order valence-electron chi connectivity index (χ0n) is 71.0. The number of nitriles is 1. The Morgan fingerprint density at radius 1 is 0.485 bits per heavy atom. The molecule has 11 aromatic carbocycles. The summed E-state index contributed by atoms with van der Waals surface area (Å²) >= 11 is 0. The average Bonchev–Trinajstić information content (AvgIpc) is 1.60. The number of rotatable bonds is 19. The van der Waals surface area contributed by atoms with Gasteiger partial charge in [0.05, 0.1) is 51.9 Å². The van der Waals surface area contributed by atoms with E-state index in [0.29, 0.717) is 50.2 Å². The van der Waals surface area contributed by atoms with E-state index in [0.717, 1.165) is 46.6 Å². The quantitative estimate of drug-likeness (QED) is 0.00904. The number of nitrogens with zero attached hydrogens (tertiary/aromatic N) is 9. The molecule has 0 saturated heterocycles. The number of hydrogen-bond acceptors (Lipinski definition) is 26. The maximum Gasteiger partial charge on any atom is 0.485 e. The molecule has 2 heterocycles. The van der Waals surface area contributed by atoms with E-state index in [4.69, 9.17) is 32.3 Å². The minimum Gasteiger partial charge on any atom is -0.741 e. The van der Waals surface area contributed by atoms with Gasteiger partial charge in [-0.15, -0.1) is 0 Å². The minimum absolute atomic E-state index is 0.00648. The second-order valence-electron chi connectivity index (χ2n) is 27.4. The van der Waals surface area contributed by atoms with E-state index in [1.54, 1.807) is 176 Å². The molecule has 0 aliphatic heterocycles. The van der Waals surface area contributed by atoms with Crippen molar-refractivity contribution in [3.05, 3.63) is 418 Å². The molecule has 0 atom stereocenters. The Labute approximate surface area is 760 Å². The maximum absolute atomic E-state index is 13.1. The molecule has 0 radical (unpaired) electrons. The van der Waals surface area contributed by atoms with Crippen LogP contribution in [0.25, 0.3) is 21.9 Å². The number of hydrogen-bond donors (Lipinski definition) is 1. The zero-order chi connectivity index (χ0) is 97.2. The summed E-state index contributed by atoms with van der Waals surface area (Å²) in [6.07, 6.45) is 4.69. The molecule has 1 N–H and O–H groups in total. The van der Waals surface area contributed by atoms with Gasteiger partial charge >= 0.3 is 47.5 Å². The van der Waals surface area contributed by atoms with Crippen LogP contribution in [0.1, 0.15) is 134 Å². The van der Waals surface area contributed by atoms with E-state index < -0.39 is 68.9 Å². The van der Waals surface area contributed by atoms with E-state index in [-0.39, 0.29) is 57.3 Å². The Morgan fingerprint density at radius 3 is 1.54 bits per heavy atom. The second-order valence-corrected chi connectivity index (χ2v) is 28.7. The van der Waals surface area contributed by atoms with Crippen LogP contribution >= 0.6 is 0 Å². The number of fused-ring (bicyclic) bond motifs is 4. The van der Waals surface area contributed by atoms with Gasteiger partial charge in [0.25, 0.3) is 5.91 Å². The van der Waals surface area contributed by atoms with Gasteiger partial charge in [0, 0.05) is 70.4 Å². The number of carbonyl (C=O) groups excluding carboxylic acids is 9. The largest absolute Gasteiger partial charge is 0.741 e. The van der Waals surface area contributed by atoms with Crippen LogP contribution in [0.15, 0.2) is 365 Å². The number of amidine groups is 1. The third-order valence-electron chi connectivity index (χ3n) is 17.5. The first-order chi connectivity index (χ1) is 64.1. The predicted molar refractivity (Wildman–Crippen MR) is 477 cm³/mol. The van der Waals surface area contributed by atoms with Gasteiger partial charge in [-0.3, -0.25) is 19.4 Å². The molecule has 1 amide bonds. The van der Waals surface area contributed by atoms with Crippen molar-refractivity contribution < 1.29 is 120 Å². The minimum atomic E-state index is -6.09. The van der Waals surface area contributed by atoms with E-state index in [9.17, 15) is 79.1 Å². The van der Waals surface area contributed by atoms with Crippen LogP contribution in [0.4, 0.5) is 30.7 Å². The van der Waals surface area contributed by atoms with E-state index in [2.05, 4.69) is 50.9 Å². The smallest absolute Gasteiger partial charge is 0.485 e. The Bertz CT molecular complexity index is 6630. The summed E-state index contributed by atoms with van der Waals surface area (Å²) in [4.78, 5) is 138. The number of alkyl halides is 6. The van der Waals surface area contributed by atoms with Crippen LogP contribution in [0.3, 0.4) is 0 Å². The molecule has 0 bridgehead atoms. The number of aryl methyl sites for hydroxylation is 1. The molecule has 0 spiro atoms. The molecule has 36 heteroatoms. The number of amides is 1. The fourth-order valence-corrected chi connectivity index (χ4v) is 10.8. The number of oxime groups is 6. The van der Waals surface area contributed by atoms with E-state index >= 15 is 0 Å². The summed E-state index contributed by atoms with van der Waals surface area (Å²) in [5.74, 6) is -6.09. The van der Waals surface area contributed by atoms with Crippen LogP contribution < -0.4 is 9.88 Å². The van der Waals surface area contributed by atoms with Crippen molar-refractivity contribution in [3.8, 4) is 17.2 Å². The molecule has 2 aromatic heterocycles. The molecular formula is C98H75F7N10O18S. The first-order valence-electron chi connectivity index (χ1n) is 39.2. The number of pyridine rings is 2. The lowest BCUT2D eigenvalue weighted by molar-refractivity contribution is -0.672. The Kier molecular flexibility index (Phi) is 38.7. The van der Waals surface area contributed by atoms with Gasteiger partial charge in [-0.25, -0.2) is 46.1 Å². The first kappa shape index (κ1) is 102. The van der Waals surface area contributed by atoms with Crippen molar-refractivity contribution in [2.45, 2.75) is 39.4 Å². The molecule has 134 heavy (non-hydrogen) atoms. The normalized spacial score (nSPS) is 11.4. The SMILES string of the molecule is C/C(=N\OC(=O)c1cccc2ccccc12)c1ccccc1.CC(=O)C(=O)O/N=C/c1cccc[n+]1C.CC(C)C(=O)O/N=C/c1cccnc1.N#C/C(=N\OC(=O)c1cccc2c1-c1ccccc1C2=O)c1ccccc1.O=C(N/C(=N\OC(=O)c1ccccc1)c1cccc(C(F)(F)F)c1)c1ccccc1.O=C(O/N=C/c1ccc(F)cc1)c1ccccc1.O=S(=O)([O-])C(F)(F)F. The summed E-state index contributed by atoms with van der Waals surface area (Å²) < 4.78 is 113. The third kappa shape index (κ3) is 32.4. The van der Waals surface area contributed by atoms with Crippen molar-refractivity contribution in [1.82, 2.24) is 10.3 Å². The number of ketones is 2. The molecule has 14 rings (SSSR count). The topological polar surface area (TPSA) is 393 Å². The van der Waals surface area contributed by atoms with Crippen LogP contribution in [0.5, 0.6) is 0 Å². The third-order valence-corrected chi connectivity index (χ3v) is 18.0. The van der Waals surface area contributed by atoms with Gasteiger partial charge in [-0.05, 0) is 119 Å². The number of aromatic nitrogens is 2.